The Morgan fingerprint density at radius 3 is 2.83 bits per heavy atom. The van der Waals surface area contributed by atoms with Crippen LogP contribution >= 0.6 is 0 Å². The number of amides is 1. The molecular formula is C13H22N4O. The van der Waals surface area contributed by atoms with E-state index in [1.807, 2.05) is 19.3 Å². The van der Waals surface area contributed by atoms with E-state index < -0.39 is 5.54 Å². The number of carbonyl (C=O) groups excluding carboxylic acids is 1. The molecule has 18 heavy (non-hydrogen) atoms. The zero-order valence-electron chi connectivity index (χ0n) is 11.0. The molecule has 1 aliphatic carbocycles. The standard InChI is InChI=1S/C13H22N4O/c1-17-10-6-11(16-17)5-9-15-12(18)13(14)7-3-2-4-8-13/h6,10H,2-5,7-9,14H2,1H3,(H,15,18). The molecule has 1 aliphatic rings. The lowest BCUT2D eigenvalue weighted by atomic mass is 9.82. The first-order valence-corrected chi connectivity index (χ1v) is 6.66. The maximum Gasteiger partial charge on any atom is 0.240 e. The van der Waals surface area contributed by atoms with Gasteiger partial charge in [0.05, 0.1) is 11.2 Å². The van der Waals surface area contributed by atoms with E-state index in [9.17, 15) is 4.79 Å². The largest absolute Gasteiger partial charge is 0.354 e. The van der Waals surface area contributed by atoms with Crippen LogP contribution in [-0.4, -0.2) is 27.8 Å². The molecule has 1 aromatic heterocycles. The van der Waals surface area contributed by atoms with Gasteiger partial charge in [-0.3, -0.25) is 9.48 Å². The zero-order chi connectivity index (χ0) is 13.0. The molecule has 1 fully saturated rings. The van der Waals surface area contributed by atoms with Crippen molar-refractivity contribution in [1.82, 2.24) is 15.1 Å². The summed E-state index contributed by atoms with van der Waals surface area (Å²) in [5.41, 5.74) is 6.51. The maximum absolute atomic E-state index is 12.1. The monoisotopic (exact) mass is 250 g/mol. The van der Waals surface area contributed by atoms with Gasteiger partial charge in [-0.25, -0.2) is 0 Å². The van der Waals surface area contributed by atoms with Crippen molar-refractivity contribution < 1.29 is 4.79 Å². The summed E-state index contributed by atoms with van der Waals surface area (Å²) < 4.78 is 1.77. The number of rotatable bonds is 4. The molecule has 1 saturated carbocycles. The van der Waals surface area contributed by atoms with Gasteiger partial charge in [0.25, 0.3) is 0 Å². The van der Waals surface area contributed by atoms with Crippen LogP contribution in [0.25, 0.3) is 0 Å². The van der Waals surface area contributed by atoms with E-state index in [1.54, 1.807) is 4.68 Å². The van der Waals surface area contributed by atoms with Crippen LogP contribution in [0.5, 0.6) is 0 Å². The highest BCUT2D eigenvalue weighted by molar-refractivity contribution is 5.86. The number of aromatic nitrogens is 2. The highest BCUT2D eigenvalue weighted by Crippen LogP contribution is 2.25. The van der Waals surface area contributed by atoms with E-state index in [1.165, 1.54) is 6.42 Å². The Morgan fingerprint density at radius 2 is 2.22 bits per heavy atom. The third kappa shape index (κ3) is 3.10. The van der Waals surface area contributed by atoms with Crippen LogP contribution in [0.4, 0.5) is 0 Å². The van der Waals surface area contributed by atoms with Gasteiger partial charge in [0.1, 0.15) is 0 Å². The Bertz CT molecular complexity index is 407. The molecule has 0 aliphatic heterocycles. The molecule has 5 nitrogen and oxygen atoms in total. The van der Waals surface area contributed by atoms with Gasteiger partial charge in [0, 0.05) is 26.2 Å². The van der Waals surface area contributed by atoms with Crippen LogP contribution in [0.15, 0.2) is 12.3 Å². The summed E-state index contributed by atoms with van der Waals surface area (Å²) in [5, 5.41) is 7.21. The second-order valence-corrected chi connectivity index (χ2v) is 5.20. The Balaban J connectivity index is 1.77. The van der Waals surface area contributed by atoms with E-state index in [4.69, 9.17) is 5.73 Å². The fourth-order valence-corrected chi connectivity index (χ4v) is 2.49. The SMILES string of the molecule is Cn1ccc(CCNC(=O)C2(N)CCCCC2)n1. The Morgan fingerprint density at radius 1 is 1.50 bits per heavy atom. The predicted octanol–water partition coefficient (Wildman–Crippen LogP) is 0.740. The molecule has 0 saturated heterocycles. The van der Waals surface area contributed by atoms with Gasteiger partial charge in [0.15, 0.2) is 0 Å². The van der Waals surface area contributed by atoms with Crippen LogP contribution < -0.4 is 11.1 Å². The summed E-state index contributed by atoms with van der Waals surface area (Å²) in [6.45, 7) is 0.606. The molecule has 1 aromatic rings. The minimum Gasteiger partial charge on any atom is -0.354 e. The molecule has 1 heterocycles. The van der Waals surface area contributed by atoms with E-state index in [-0.39, 0.29) is 5.91 Å². The van der Waals surface area contributed by atoms with Crippen molar-refractivity contribution in [2.45, 2.75) is 44.1 Å². The smallest absolute Gasteiger partial charge is 0.240 e. The van der Waals surface area contributed by atoms with Crippen molar-refractivity contribution in [1.29, 1.82) is 0 Å². The number of nitrogens with one attached hydrogen (secondary N) is 1. The summed E-state index contributed by atoms with van der Waals surface area (Å²) in [4.78, 5) is 12.1. The topological polar surface area (TPSA) is 72.9 Å². The molecule has 3 N–H and O–H groups in total. The molecule has 0 aromatic carbocycles. The average Bonchev–Trinajstić information content (AvgIpc) is 2.76. The predicted molar refractivity (Wildman–Crippen MR) is 69.9 cm³/mol. The molecule has 0 atom stereocenters. The first-order valence-electron chi connectivity index (χ1n) is 6.66. The normalized spacial score (nSPS) is 18.6. The summed E-state index contributed by atoms with van der Waals surface area (Å²) in [6.07, 6.45) is 7.59. The second kappa shape index (κ2) is 5.52. The average molecular weight is 250 g/mol. The van der Waals surface area contributed by atoms with Crippen molar-refractivity contribution in [2.24, 2.45) is 12.8 Å². The highest BCUT2D eigenvalue weighted by Gasteiger charge is 2.34. The first kappa shape index (κ1) is 13.1. The van der Waals surface area contributed by atoms with Crippen LogP contribution in [-0.2, 0) is 18.3 Å². The molecule has 0 radical (unpaired) electrons. The molecule has 0 bridgehead atoms. The number of nitrogens with two attached hydrogens (primary N) is 1. The lowest BCUT2D eigenvalue weighted by molar-refractivity contribution is -0.127. The quantitative estimate of drug-likeness (QED) is 0.828. The zero-order valence-corrected chi connectivity index (χ0v) is 11.0. The fourth-order valence-electron chi connectivity index (χ4n) is 2.49. The van der Waals surface area contributed by atoms with Gasteiger partial charge in [-0.1, -0.05) is 19.3 Å². The molecule has 0 unspecified atom stereocenters. The number of hydrogen-bond acceptors (Lipinski definition) is 3. The summed E-state index contributed by atoms with van der Waals surface area (Å²) in [6, 6.07) is 1.96. The summed E-state index contributed by atoms with van der Waals surface area (Å²) in [7, 11) is 1.89. The van der Waals surface area contributed by atoms with E-state index in [2.05, 4.69) is 10.4 Å². The van der Waals surface area contributed by atoms with E-state index in [0.29, 0.717) is 6.54 Å². The maximum atomic E-state index is 12.1. The summed E-state index contributed by atoms with van der Waals surface area (Å²) >= 11 is 0. The van der Waals surface area contributed by atoms with Gasteiger partial charge < -0.3 is 11.1 Å². The van der Waals surface area contributed by atoms with Gasteiger partial charge in [-0.2, -0.15) is 5.10 Å². The summed E-state index contributed by atoms with van der Waals surface area (Å²) in [5.74, 6) is -0.00173. The van der Waals surface area contributed by atoms with Crippen molar-refractivity contribution in [3.05, 3.63) is 18.0 Å². The van der Waals surface area contributed by atoms with E-state index in [0.717, 1.165) is 37.8 Å². The molecule has 5 heteroatoms. The third-order valence-corrected chi connectivity index (χ3v) is 3.63. The number of hydrogen-bond donors (Lipinski definition) is 2. The van der Waals surface area contributed by atoms with Gasteiger partial charge >= 0.3 is 0 Å². The molecule has 0 spiro atoms. The highest BCUT2D eigenvalue weighted by atomic mass is 16.2. The lowest BCUT2D eigenvalue weighted by Gasteiger charge is -2.31. The lowest BCUT2D eigenvalue weighted by Crippen LogP contribution is -2.55. The Labute approximate surface area is 108 Å². The van der Waals surface area contributed by atoms with Crippen molar-refractivity contribution in [2.75, 3.05) is 6.54 Å². The van der Waals surface area contributed by atoms with Crippen LogP contribution in [0.1, 0.15) is 37.8 Å². The Kier molecular flexibility index (Phi) is 4.01. The fraction of sp³-hybridized carbons (Fsp3) is 0.692. The Hall–Kier alpha value is -1.36. The van der Waals surface area contributed by atoms with Crippen LogP contribution in [0.2, 0.25) is 0 Å². The van der Waals surface area contributed by atoms with Crippen molar-refractivity contribution >= 4 is 5.91 Å². The second-order valence-electron chi connectivity index (χ2n) is 5.20. The van der Waals surface area contributed by atoms with Crippen LogP contribution in [0.3, 0.4) is 0 Å². The van der Waals surface area contributed by atoms with Crippen molar-refractivity contribution in [3.8, 4) is 0 Å². The van der Waals surface area contributed by atoms with Gasteiger partial charge in [-0.05, 0) is 18.9 Å². The number of nitrogens with zero attached hydrogens (tertiary/aromatic N) is 2. The molecule has 1 amide bonds. The number of aryl methyl sites for hydroxylation is 1. The molecule has 100 valence electrons. The van der Waals surface area contributed by atoms with Gasteiger partial charge in [0.2, 0.25) is 5.91 Å². The first-order chi connectivity index (χ1) is 8.60. The van der Waals surface area contributed by atoms with Crippen molar-refractivity contribution in [3.63, 3.8) is 0 Å². The minimum atomic E-state index is -0.637. The third-order valence-electron chi connectivity index (χ3n) is 3.63. The number of carbonyl (C=O) groups is 1. The van der Waals surface area contributed by atoms with Gasteiger partial charge in [-0.15, -0.1) is 0 Å². The van der Waals surface area contributed by atoms with Crippen LogP contribution in [0, 0.1) is 0 Å². The molecular weight excluding hydrogens is 228 g/mol. The molecule has 2 rings (SSSR count). The van der Waals surface area contributed by atoms with E-state index >= 15 is 0 Å². The minimum absolute atomic E-state index is 0.00173.